The summed E-state index contributed by atoms with van der Waals surface area (Å²) in [6.07, 6.45) is 0. The van der Waals surface area contributed by atoms with Gasteiger partial charge in [0.15, 0.2) is 5.03 Å². The summed E-state index contributed by atoms with van der Waals surface area (Å²) in [5.74, 6) is 0.212. The minimum atomic E-state index is -3.86. The second-order valence-electron chi connectivity index (χ2n) is 7.55. The van der Waals surface area contributed by atoms with Crippen LogP contribution < -0.4 is 5.32 Å². The summed E-state index contributed by atoms with van der Waals surface area (Å²) in [6, 6.07) is 23.4. The number of aromatic nitrogens is 2. The van der Waals surface area contributed by atoms with Crippen molar-refractivity contribution >= 4 is 33.2 Å². The lowest BCUT2D eigenvalue weighted by Gasteiger charge is -2.08. The van der Waals surface area contributed by atoms with Crippen LogP contribution >= 0.6 is 11.8 Å². The van der Waals surface area contributed by atoms with E-state index >= 15 is 0 Å². The van der Waals surface area contributed by atoms with E-state index in [1.165, 1.54) is 0 Å². The lowest BCUT2D eigenvalue weighted by atomic mass is 10.2. The minimum absolute atomic E-state index is 0.0149. The van der Waals surface area contributed by atoms with Gasteiger partial charge in [0.05, 0.1) is 10.6 Å². The third kappa shape index (κ3) is 5.18. The zero-order chi connectivity index (χ0) is 23.4. The molecule has 33 heavy (non-hydrogen) atoms. The van der Waals surface area contributed by atoms with Crippen molar-refractivity contribution in [2.75, 3.05) is 11.1 Å². The molecule has 0 saturated heterocycles. The average Bonchev–Trinajstić information content (AvgIpc) is 3.25. The maximum atomic E-state index is 13.4. The van der Waals surface area contributed by atoms with Gasteiger partial charge in [-0.25, -0.2) is 13.4 Å². The van der Waals surface area contributed by atoms with E-state index in [9.17, 15) is 13.2 Å². The Labute approximate surface area is 197 Å². The van der Waals surface area contributed by atoms with Crippen molar-refractivity contribution in [3.63, 3.8) is 0 Å². The lowest BCUT2D eigenvalue weighted by molar-refractivity contribution is -0.113. The molecule has 6 nitrogen and oxygen atoms in total. The number of hydrogen-bond acceptors (Lipinski definition) is 5. The van der Waals surface area contributed by atoms with E-state index in [2.05, 4.69) is 15.3 Å². The number of H-pyrrole nitrogens is 1. The Morgan fingerprint density at radius 2 is 1.61 bits per heavy atom. The number of nitrogens with one attached hydrogen (secondary N) is 2. The molecule has 3 aromatic carbocycles. The molecule has 0 aliphatic rings. The fourth-order valence-electron chi connectivity index (χ4n) is 3.22. The van der Waals surface area contributed by atoms with Crippen molar-refractivity contribution in [2.24, 2.45) is 0 Å². The molecule has 4 rings (SSSR count). The first-order chi connectivity index (χ1) is 15.8. The number of carbonyl (C=O) groups is 1. The van der Waals surface area contributed by atoms with Crippen LogP contribution in [0.5, 0.6) is 0 Å². The molecule has 0 radical (unpaired) electrons. The Balaban J connectivity index is 1.64. The number of amides is 1. The van der Waals surface area contributed by atoms with Gasteiger partial charge < -0.3 is 10.3 Å². The van der Waals surface area contributed by atoms with Gasteiger partial charge in [-0.1, -0.05) is 78.0 Å². The van der Waals surface area contributed by atoms with Gasteiger partial charge >= 0.3 is 0 Å². The molecule has 1 heterocycles. The Morgan fingerprint density at radius 3 is 2.30 bits per heavy atom. The SMILES string of the molecule is Cc1ccc(S(=O)(=O)c2[nH]c(-c3ccccc3)nc2SCC(=O)Nc2ccccc2C)cc1. The monoisotopic (exact) mass is 477 g/mol. The van der Waals surface area contributed by atoms with Crippen LogP contribution in [0.4, 0.5) is 5.69 Å². The van der Waals surface area contributed by atoms with Gasteiger partial charge in [0, 0.05) is 11.3 Å². The van der Waals surface area contributed by atoms with Crippen LogP contribution in [0.15, 0.2) is 93.8 Å². The molecule has 0 aliphatic carbocycles. The smallest absolute Gasteiger partial charge is 0.234 e. The Kier molecular flexibility index (Phi) is 6.67. The number of para-hydroxylation sites is 1. The highest BCUT2D eigenvalue weighted by Gasteiger charge is 2.27. The quantitative estimate of drug-likeness (QED) is 0.354. The lowest BCUT2D eigenvalue weighted by Crippen LogP contribution is -2.15. The maximum Gasteiger partial charge on any atom is 0.234 e. The Morgan fingerprint density at radius 1 is 0.939 bits per heavy atom. The number of sulfone groups is 1. The third-order valence-corrected chi connectivity index (χ3v) is 7.88. The normalized spacial score (nSPS) is 11.3. The summed E-state index contributed by atoms with van der Waals surface area (Å²) in [4.78, 5) is 20.2. The molecule has 0 atom stereocenters. The van der Waals surface area contributed by atoms with Gasteiger partial charge in [0.2, 0.25) is 15.7 Å². The Hall–Kier alpha value is -3.36. The topological polar surface area (TPSA) is 91.9 Å². The summed E-state index contributed by atoms with van der Waals surface area (Å²) in [5, 5.41) is 3.11. The first-order valence-corrected chi connectivity index (χ1v) is 12.8. The summed E-state index contributed by atoms with van der Waals surface area (Å²) >= 11 is 1.09. The van der Waals surface area contributed by atoms with Crippen molar-refractivity contribution < 1.29 is 13.2 Å². The number of rotatable bonds is 7. The molecule has 0 unspecified atom stereocenters. The zero-order valence-electron chi connectivity index (χ0n) is 18.2. The molecule has 0 aliphatic heterocycles. The van der Waals surface area contributed by atoms with Crippen molar-refractivity contribution in [3.05, 3.63) is 90.0 Å². The highest BCUT2D eigenvalue weighted by molar-refractivity contribution is 8.00. The highest BCUT2D eigenvalue weighted by Crippen LogP contribution is 2.32. The third-order valence-electron chi connectivity index (χ3n) is 5.05. The van der Waals surface area contributed by atoms with E-state index in [0.717, 1.165) is 34.1 Å². The van der Waals surface area contributed by atoms with Crippen molar-refractivity contribution in [1.82, 2.24) is 9.97 Å². The average molecular weight is 478 g/mol. The first kappa shape index (κ1) is 22.8. The van der Waals surface area contributed by atoms with Gasteiger partial charge in [-0.3, -0.25) is 4.79 Å². The number of aromatic amines is 1. The molecule has 1 aromatic heterocycles. The molecule has 1 amide bonds. The largest absolute Gasteiger partial charge is 0.328 e. The summed E-state index contributed by atoms with van der Waals surface area (Å²) < 4.78 is 26.8. The summed E-state index contributed by atoms with van der Waals surface area (Å²) in [7, 11) is -3.86. The predicted molar refractivity (Wildman–Crippen MR) is 131 cm³/mol. The predicted octanol–water partition coefficient (Wildman–Crippen LogP) is 5.26. The maximum absolute atomic E-state index is 13.4. The summed E-state index contributed by atoms with van der Waals surface area (Å²) in [5.41, 5.74) is 3.40. The first-order valence-electron chi connectivity index (χ1n) is 10.3. The Bertz CT molecular complexity index is 1380. The van der Waals surface area contributed by atoms with Crippen LogP contribution in [-0.4, -0.2) is 30.0 Å². The molecule has 0 spiro atoms. The molecule has 0 bridgehead atoms. The molecule has 4 aromatic rings. The van der Waals surface area contributed by atoms with Crippen LogP contribution in [-0.2, 0) is 14.6 Å². The number of carbonyl (C=O) groups excluding carboxylic acids is 1. The molecule has 8 heteroatoms. The molecule has 0 fully saturated rings. The van der Waals surface area contributed by atoms with Crippen LogP contribution in [0.25, 0.3) is 11.4 Å². The fourth-order valence-corrected chi connectivity index (χ4v) is 5.64. The van der Waals surface area contributed by atoms with Gasteiger partial charge in [0.25, 0.3) is 0 Å². The van der Waals surface area contributed by atoms with Crippen molar-refractivity contribution in [2.45, 2.75) is 28.8 Å². The standard InChI is InChI=1S/C25H23N3O3S2/c1-17-12-14-20(15-13-17)33(30,31)25-24(27-23(28-25)19-9-4-3-5-10-19)32-16-22(29)26-21-11-7-6-8-18(21)2/h3-15H,16H2,1-2H3,(H,26,29)(H,27,28). The van der Waals surface area contributed by atoms with Gasteiger partial charge in [-0.05, 0) is 37.6 Å². The number of benzene rings is 3. The molecule has 168 valence electrons. The summed E-state index contributed by atoms with van der Waals surface area (Å²) in [6.45, 7) is 3.81. The van der Waals surface area contributed by atoms with Gasteiger partial charge in [-0.15, -0.1) is 0 Å². The number of imidazole rings is 1. The van der Waals surface area contributed by atoms with E-state index in [4.69, 9.17) is 0 Å². The van der Waals surface area contributed by atoms with Gasteiger partial charge in [0.1, 0.15) is 10.9 Å². The molecule has 2 N–H and O–H groups in total. The second-order valence-corrected chi connectivity index (χ2v) is 10.4. The fraction of sp³-hybridized carbons (Fsp3) is 0.120. The molecule has 0 saturated carbocycles. The van der Waals surface area contributed by atoms with E-state index < -0.39 is 9.84 Å². The van der Waals surface area contributed by atoms with Crippen LogP contribution in [0.2, 0.25) is 0 Å². The van der Waals surface area contributed by atoms with E-state index in [-0.39, 0.29) is 26.6 Å². The highest BCUT2D eigenvalue weighted by atomic mass is 32.2. The van der Waals surface area contributed by atoms with Crippen molar-refractivity contribution in [1.29, 1.82) is 0 Å². The van der Waals surface area contributed by atoms with Crippen molar-refractivity contribution in [3.8, 4) is 11.4 Å². The zero-order valence-corrected chi connectivity index (χ0v) is 19.8. The van der Waals surface area contributed by atoms with Crippen LogP contribution in [0.3, 0.4) is 0 Å². The molecular formula is C25H23N3O3S2. The van der Waals surface area contributed by atoms with E-state index in [1.54, 1.807) is 24.3 Å². The van der Waals surface area contributed by atoms with Crippen LogP contribution in [0, 0.1) is 13.8 Å². The van der Waals surface area contributed by atoms with Gasteiger partial charge in [-0.2, -0.15) is 0 Å². The number of hydrogen-bond donors (Lipinski definition) is 2. The van der Waals surface area contributed by atoms with E-state index in [0.29, 0.717) is 5.82 Å². The number of thioether (sulfide) groups is 1. The second kappa shape index (κ2) is 9.64. The number of anilines is 1. The minimum Gasteiger partial charge on any atom is -0.328 e. The molecular weight excluding hydrogens is 454 g/mol. The number of nitrogens with zero attached hydrogens (tertiary/aromatic N) is 1. The van der Waals surface area contributed by atoms with E-state index in [1.807, 2.05) is 68.4 Å². The number of aryl methyl sites for hydroxylation is 2. The van der Waals surface area contributed by atoms with Crippen LogP contribution in [0.1, 0.15) is 11.1 Å².